The van der Waals surface area contributed by atoms with Crippen LogP contribution in [-0.2, 0) is 14.6 Å². The highest BCUT2D eigenvalue weighted by Gasteiger charge is 2.32. The van der Waals surface area contributed by atoms with Gasteiger partial charge in [0.05, 0.1) is 11.5 Å². The highest BCUT2D eigenvalue weighted by atomic mass is 32.2. The van der Waals surface area contributed by atoms with Gasteiger partial charge in [0.15, 0.2) is 17.7 Å². The van der Waals surface area contributed by atoms with Crippen LogP contribution in [0.1, 0.15) is 19.8 Å². The molecule has 0 spiro atoms. The highest BCUT2D eigenvalue weighted by molar-refractivity contribution is 7.91. The summed E-state index contributed by atoms with van der Waals surface area (Å²) in [6, 6.07) is 6.33. The Hall–Kier alpha value is -1.67. The second kappa shape index (κ2) is 7.92. The van der Waals surface area contributed by atoms with Gasteiger partial charge in [0.25, 0.3) is 5.91 Å². The van der Waals surface area contributed by atoms with Crippen molar-refractivity contribution in [2.75, 3.05) is 37.7 Å². The molecule has 2 fully saturated rings. The van der Waals surface area contributed by atoms with Crippen LogP contribution in [-0.4, -0.2) is 74.0 Å². The normalized spacial score (nSPS) is 22.8. The lowest BCUT2D eigenvalue weighted by Gasteiger charge is -2.41. The summed E-state index contributed by atoms with van der Waals surface area (Å²) in [4.78, 5) is 16.6. The molecule has 1 aromatic rings. The van der Waals surface area contributed by atoms with Crippen LogP contribution in [0.25, 0.3) is 0 Å². The van der Waals surface area contributed by atoms with E-state index in [9.17, 15) is 17.6 Å². The molecule has 0 bridgehead atoms. The lowest BCUT2D eigenvalue weighted by molar-refractivity contribution is -0.140. The maximum absolute atomic E-state index is 13.7. The van der Waals surface area contributed by atoms with Crippen LogP contribution in [0, 0.1) is 5.82 Å². The van der Waals surface area contributed by atoms with Gasteiger partial charge in [-0.3, -0.25) is 9.69 Å². The van der Waals surface area contributed by atoms with Crippen LogP contribution in [0.2, 0.25) is 0 Å². The molecular weight excluding hydrogens is 359 g/mol. The molecule has 8 heteroatoms. The Morgan fingerprint density at radius 3 is 2.38 bits per heavy atom. The van der Waals surface area contributed by atoms with Crippen molar-refractivity contribution in [1.82, 2.24) is 9.80 Å². The Bertz CT molecular complexity index is 733. The first-order valence-electron chi connectivity index (χ1n) is 9.00. The van der Waals surface area contributed by atoms with Crippen LogP contribution in [0.15, 0.2) is 24.3 Å². The fourth-order valence-electron chi connectivity index (χ4n) is 3.59. The Kier molecular flexibility index (Phi) is 5.82. The molecule has 6 nitrogen and oxygen atoms in total. The maximum Gasteiger partial charge on any atom is 0.263 e. The summed E-state index contributed by atoms with van der Waals surface area (Å²) < 4.78 is 42.3. The molecule has 1 amide bonds. The van der Waals surface area contributed by atoms with E-state index in [4.69, 9.17) is 4.74 Å². The van der Waals surface area contributed by atoms with Gasteiger partial charge in [-0.1, -0.05) is 12.1 Å². The minimum absolute atomic E-state index is 0.0791. The molecular formula is C18H25FN2O4S. The van der Waals surface area contributed by atoms with Crippen molar-refractivity contribution in [2.45, 2.75) is 31.9 Å². The second-order valence-corrected chi connectivity index (χ2v) is 9.24. The Balaban J connectivity index is 1.50. The van der Waals surface area contributed by atoms with Crippen molar-refractivity contribution >= 4 is 15.7 Å². The number of carbonyl (C=O) groups is 1. The van der Waals surface area contributed by atoms with Crippen LogP contribution in [0.5, 0.6) is 5.75 Å². The van der Waals surface area contributed by atoms with Gasteiger partial charge in [-0.15, -0.1) is 0 Å². The van der Waals surface area contributed by atoms with Crippen LogP contribution in [0.3, 0.4) is 0 Å². The lowest BCUT2D eigenvalue weighted by Crippen LogP contribution is -2.55. The van der Waals surface area contributed by atoms with Crippen molar-refractivity contribution in [3.63, 3.8) is 0 Å². The maximum atomic E-state index is 13.7. The largest absolute Gasteiger partial charge is 0.478 e. The van der Waals surface area contributed by atoms with Crippen molar-refractivity contribution in [2.24, 2.45) is 0 Å². The minimum Gasteiger partial charge on any atom is -0.478 e. The smallest absolute Gasteiger partial charge is 0.263 e. The van der Waals surface area contributed by atoms with E-state index in [2.05, 4.69) is 4.90 Å². The number of amides is 1. The molecule has 26 heavy (non-hydrogen) atoms. The summed E-state index contributed by atoms with van der Waals surface area (Å²) in [6.45, 7) is 4.24. The summed E-state index contributed by atoms with van der Waals surface area (Å²) in [5.74, 6) is -0.0481. The number of hydrogen-bond donors (Lipinski definition) is 0. The Morgan fingerprint density at radius 1 is 1.15 bits per heavy atom. The Labute approximate surface area is 153 Å². The molecule has 2 aliphatic rings. The van der Waals surface area contributed by atoms with Crippen molar-refractivity contribution in [1.29, 1.82) is 0 Å². The van der Waals surface area contributed by atoms with Gasteiger partial charge in [-0.2, -0.15) is 0 Å². The van der Waals surface area contributed by atoms with Gasteiger partial charge < -0.3 is 9.64 Å². The molecule has 0 saturated carbocycles. The third-order valence-corrected chi connectivity index (χ3v) is 6.87. The standard InChI is InChI=1S/C18H25FN2O4S/c1-14(25-17-5-3-2-4-16(17)19)18(22)21-10-8-20(9-11-21)15-6-12-26(23,24)13-7-15/h2-5,14-15H,6-13H2,1H3/t14-/m1/s1. The molecule has 2 aliphatic heterocycles. The van der Waals surface area contributed by atoms with Gasteiger partial charge in [0.2, 0.25) is 0 Å². The molecule has 0 aliphatic carbocycles. The number of rotatable bonds is 4. The van der Waals surface area contributed by atoms with Gasteiger partial charge in [0.1, 0.15) is 9.84 Å². The first-order chi connectivity index (χ1) is 12.4. The predicted molar refractivity (Wildman–Crippen MR) is 96.3 cm³/mol. The number of hydrogen-bond acceptors (Lipinski definition) is 5. The fourth-order valence-corrected chi connectivity index (χ4v) is 5.05. The van der Waals surface area contributed by atoms with E-state index in [0.29, 0.717) is 25.9 Å². The van der Waals surface area contributed by atoms with E-state index in [0.717, 1.165) is 13.1 Å². The average Bonchev–Trinajstić information content (AvgIpc) is 2.63. The molecule has 0 unspecified atom stereocenters. The van der Waals surface area contributed by atoms with Gasteiger partial charge in [-0.05, 0) is 31.9 Å². The predicted octanol–water partition coefficient (Wildman–Crippen LogP) is 1.31. The number of nitrogens with zero attached hydrogens (tertiary/aromatic N) is 2. The topological polar surface area (TPSA) is 66.9 Å². The van der Waals surface area contributed by atoms with Gasteiger partial charge in [-0.25, -0.2) is 12.8 Å². The zero-order valence-corrected chi connectivity index (χ0v) is 15.8. The molecule has 0 N–H and O–H groups in total. The zero-order chi connectivity index (χ0) is 18.7. The summed E-state index contributed by atoms with van der Waals surface area (Å²) in [5.41, 5.74) is 0. The van der Waals surface area contributed by atoms with Crippen molar-refractivity contribution < 1.29 is 22.3 Å². The molecule has 1 atom stereocenters. The zero-order valence-electron chi connectivity index (χ0n) is 14.9. The number of halogens is 1. The van der Waals surface area contributed by atoms with Crippen LogP contribution in [0.4, 0.5) is 4.39 Å². The first kappa shape index (κ1) is 19.1. The number of ether oxygens (including phenoxy) is 1. The summed E-state index contributed by atoms with van der Waals surface area (Å²) in [6.07, 6.45) is 0.588. The van der Waals surface area contributed by atoms with Gasteiger partial charge >= 0.3 is 0 Å². The van der Waals surface area contributed by atoms with Gasteiger partial charge in [0, 0.05) is 32.2 Å². The second-order valence-electron chi connectivity index (χ2n) is 6.93. The van der Waals surface area contributed by atoms with Crippen molar-refractivity contribution in [3.05, 3.63) is 30.1 Å². The number of para-hydroxylation sites is 1. The summed E-state index contributed by atoms with van der Waals surface area (Å²) in [7, 11) is -2.86. The highest BCUT2D eigenvalue weighted by Crippen LogP contribution is 2.21. The number of benzene rings is 1. The minimum atomic E-state index is -2.86. The fraction of sp³-hybridized carbons (Fsp3) is 0.611. The molecule has 3 rings (SSSR count). The molecule has 1 aromatic carbocycles. The number of carbonyl (C=O) groups excluding carboxylic acids is 1. The molecule has 144 valence electrons. The first-order valence-corrected chi connectivity index (χ1v) is 10.8. The van der Waals surface area contributed by atoms with Crippen molar-refractivity contribution in [3.8, 4) is 5.75 Å². The molecule has 2 heterocycles. The van der Waals surface area contributed by atoms with Crippen LogP contribution >= 0.6 is 0 Å². The van der Waals surface area contributed by atoms with E-state index >= 15 is 0 Å². The molecule has 0 radical (unpaired) electrons. The third-order valence-electron chi connectivity index (χ3n) is 5.15. The van der Waals surface area contributed by atoms with E-state index in [1.54, 1.807) is 24.0 Å². The molecule has 0 aromatic heterocycles. The third kappa shape index (κ3) is 4.54. The van der Waals surface area contributed by atoms with E-state index in [1.165, 1.54) is 12.1 Å². The Morgan fingerprint density at radius 2 is 1.77 bits per heavy atom. The SMILES string of the molecule is C[C@@H](Oc1ccccc1F)C(=O)N1CCN(C2CCS(=O)(=O)CC2)CC1. The molecule has 2 saturated heterocycles. The number of piperazine rings is 1. The monoisotopic (exact) mass is 384 g/mol. The lowest BCUT2D eigenvalue weighted by atomic mass is 10.1. The van der Waals surface area contributed by atoms with E-state index < -0.39 is 21.8 Å². The number of sulfone groups is 1. The average molecular weight is 384 g/mol. The van der Waals surface area contributed by atoms with E-state index in [1.807, 2.05) is 0 Å². The van der Waals surface area contributed by atoms with E-state index in [-0.39, 0.29) is 29.2 Å². The summed E-state index contributed by atoms with van der Waals surface area (Å²) in [5, 5.41) is 0. The quantitative estimate of drug-likeness (QED) is 0.783. The summed E-state index contributed by atoms with van der Waals surface area (Å²) >= 11 is 0. The van der Waals surface area contributed by atoms with Crippen LogP contribution < -0.4 is 4.74 Å².